The van der Waals surface area contributed by atoms with E-state index in [0.29, 0.717) is 17.2 Å². The summed E-state index contributed by atoms with van der Waals surface area (Å²) in [6.07, 6.45) is -0.826. The van der Waals surface area contributed by atoms with Crippen molar-refractivity contribution in [2.45, 2.75) is 6.10 Å². The molecule has 27 heavy (non-hydrogen) atoms. The maximum absolute atomic E-state index is 12.7. The van der Waals surface area contributed by atoms with Crippen molar-refractivity contribution in [3.05, 3.63) is 58.6 Å². The zero-order chi connectivity index (χ0) is 19.4. The summed E-state index contributed by atoms with van der Waals surface area (Å²) in [5.74, 6) is 0.0657. The van der Waals surface area contributed by atoms with Crippen LogP contribution >= 0.6 is 0 Å². The number of fused-ring (bicyclic) bond motifs is 1. The zero-order valence-electron chi connectivity index (χ0n) is 14.5. The fourth-order valence-electron chi connectivity index (χ4n) is 2.66. The molecule has 0 aromatic heterocycles. The largest absolute Gasteiger partial charge is 0.484 e. The molecule has 1 aliphatic heterocycles. The number of nitrogens with zero attached hydrogens (tertiary/aromatic N) is 2. The molecule has 2 aromatic rings. The van der Waals surface area contributed by atoms with Gasteiger partial charge in [0.25, 0.3) is 17.5 Å². The molecule has 0 bridgehead atoms. The van der Waals surface area contributed by atoms with Crippen molar-refractivity contribution in [3.63, 3.8) is 0 Å². The molecule has 0 spiro atoms. The Morgan fingerprint density at radius 1 is 1.26 bits per heavy atom. The number of non-ortho nitro benzene ring substituents is 1. The molecule has 9 nitrogen and oxygen atoms in total. The zero-order valence-corrected chi connectivity index (χ0v) is 14.5. The molecular formula is C18H17N3O6. The van der Waals surface area contributed by atoms with Gasteiger partial charge >= 0.3 is 0 Å². The summed E-state index contributed by atoms with van der Waals surface area (Å²) in [5, 5.41) is 13.2. The van der Waals surface area contributed by atoms with Crippen molar-refractivity contribution in [1.82, 2.24) is 5.32 Å². The van der Waals surface area contributed by atoms with Crippen molar-refractivity contribution in [3.8, 4) is 11.5 Å². The molecule has 3 rings (SSSR count). The lowest BCUT2D eigenvalue weighted by Gasteiger charge is -2.33. The number of likely N-dealkylation sites (N-methyl/N-ethyl adjacent to an activating group) is 1. The third-order valence-electron chi connectivity index (χ3n) is 4.02. The molecule has 1 N–H and O–H groups in total. The monoisotopic (exact) mass is 371 g/mol. The predicted octanol–water partition coefficient (Wildman–Crippen LogP) is 1.51. The van der Waals surface area contributed by atoms with Gasteiger partial charge in [-0.3, -0.25) is 19.7 Å². The van der Waals surface area contributed by atoms with Gasteiger partial charge in [0.05, 0.1) is 17.2 Å². The number of anilines is 1. The number of nitrogens with one attached hydrogen (secondary N) is 1. The smallest absolute Gasteiger partial charge is 0.269 e. The van der Waals surface area contributed by atoms with E-state index in [9.17, 15) is 19.7 Å². The molecule has 1 atom stereocenters. The van der Waals surface area contributed by atoms with Gasteiger partial charge in [0, 0.05) is 19.2 Å². The van der Waals surface area contributed by atoms with Gasteiger partial charge < -0.3 is 19.7 Å². The van der Waals surface area contributed by atoms with E-state index in [0.717, 1.165) is 0 Å². The minimum Gasteiger partial charge on any atom is -0.484 e. The van der Waals surface area contributed by atoms with Gasteiger partial charge in [-0.25, -0.2) is 0 Å². The van der Waals surface area contributed by atoms with Crippen molar-refractivity contribution >= 4 is 23.2 Å². The Morgan fingerprint density at radius 3 is 2.63 bits per heavy atom. The molecule has 0 saturated heterocycles. The number of nitro groups is 1. The summed E-state index contributed by atoms with van der Waals surface area (Å²) in [6.45, 7) is -0.230. The Balaban J connectivity index is 1.72. The summed E-state index contributed by atoms with van der Waals surface area (Å²) >= 11 is 0. The molecule has 140 valence electrons. The van der Waals surface area contributed by atoms with E-state index < -0.39 is 11.0 Å². The van der Waals surface area contributed by atoms with Gasteiger partial charge in [0.1, 0.15) is 11.5 Å². The lowest BCUT2D eigenvalue weighted by molar-refractivity contribution is -0.384. The number of ether oxygens (including phenoxy) is 2. The Morgan fingerprint density at radius 2 is 1.96 bits per heavy atom. The first-order chi connectivity index (χ1) is 13.0. The van der Waals surface area contributed by atoms with Crippen LogP contribution in [-0.2, 0) is 9.59 Å². The minimum absolute atomic E-state index is 0.0547. The number of hydrogen-bond donors (Lipinski definition) is 1. The van der Waals surface area contributed by atoms with E-state index in [1.807, 2.05) is 0 Å². The fraction of sp³-hybridized carbons (Fsp3) is 0.222. The van der Waals surface area contributed by atoms with Crippen molar-refractivity contribution in [1.29, 1.82) is 0 Å². The van der Waals surface area contributed by atoms with Crippen molar-refractivity contribution < 1.29 is 24.0 Å². The summed E-state index contributed by atoms with van der Waals surface area (Å²) in [6, 6.07) is 12.4. The van der Waals surface area contributed by atoms with Crippen LogP contribution in [0.2, 0.25) is 0 Å². The molecule has 0 fully saturated rings. The van der Waals surface area contributed by atoms with E-state index in [4.69, 9.17) is 9.47 Å². The first-order valence-corrected chi connectivity index (χ1v) is 8.14. The summed E-state index contributed by atoms with van der Waals surface area (Å²) in [5.41, 5.74) is 0.485. The molecule has 0 aliphatic carbocycles. The number of para-hydroxylation sites is 2. The molecule has 0 unspecified atom stereocenters. The molecule has 1 heterocycles. The average molecular weight is 371 g/mol. The quantitative estimate of drug-likeness (QED) is 0.630. The normalized spacial score (nSPS) is 15.3. The SMILES string of the molecule is CNC(=O)[C@H]1CN(C(=O)COc2ccc([N+](=O)[O-])cc2)c2ccccc2O1. The van der Waals surface area contributed by atoms with Crippen LogP contribution in [0.15, 0.2) is 48.5 Å². The fourth-order valence-corrected chi connectivity index (χ4v) is 2.66. The second-order valence-electron chi connectivity index (χ2n) is 5.73. The Hall–Kier alpha value is -3.62. The highest BCUT2D eigenvalue weighted by atomic mass is 16.6. The van der Waals surface area contributed by atoms with E-state index >= 15 is 0 Å². The number of carbonyl (C=O) groups excluding carboxylic acids is 2. The number of hydrogen-bond acceptors (Lipinski definition) is 6. The Labute approximate surface area is 154 Å². The summed E-state index contributed by atoms with van der Waals surface area (Å²) in [4.78, 5) is 36.2. The van der Waals surface area contributed by atoms with Crippen LogP contribution < -0.4 is 19.7 Å². The second kappa shape index (κ2) is 7.73. The van der Waals surface area contributed by atoms with Crippen molar-refractivity contribution in [2.75, 3.05) is 25.1 Å². The van der Waals surface area contributed by atoms with Crippen LogP contribution in [0.5, 0.6) is 11.5 Å². The maximum atomic E-state index is 12.7. The minimum atomic E-state index is -0.826. The van der Waals surface area contributed by atoms with Crippen LogP contribution in [0, 0.1) is 10.1 Å². The van der Waals surface area contributed by atoms with Gasteiger partial charge in [-0.1, -0.05) is 12.1 Å². The molecular weight excluding hydrogens is 354 g/mol. The number of amides is 2. The van der Waals surface area contributed by atoms with E-state index in [1.165, 1.54) is 36.2 Å². The molecule has 2 amide bonds. The molecule has 9 heteroatoms. The average Bonchev–Trinajstić information content (AvgIpc) is 2.70. The van der Waals surface area contributed by atoms with Crippen LogP contribution in [0.3, 0.4) is 0 Å². The number of nitro benzene ring substituents is 1. The molecule has 0 saturated carbocycles. The van der Waals surface area contributed by atoms with Gasteiger partial charge in [0.15, 0.2) is 12.7 Å². The van der Waals surface area contributed by atoms with E-state index in [-0.39, 0.29) is 30.7 Å². The highest BCUT2D eigenvalue weighted by Crippen LogP contribution is 2.33. The second-order valence-corrected chi connectivity index (χ2v) is 5.73. The lowest BCUT2D eigenvalue weighted by Crippen LogP contribution is -2.51. The lowest BCUT2D eigenvalue weighted by atomic mass is 10.1. The maximum Gasteiger partial charge on any atom is 0.269 e. The summed E-state index contributed by atoms with van der Waals surface area (Å²) < 4.78 is 11.1. The molecule has 1 aliphatic rings. The Bertz CT molecular complexity index is 868. The highest BCUT2D eigenvalue weighted by Gasteiger charge is 2.33. The number of benzene rings is 2. The first-order valence-electron chi connectivity index (χ1n) is 8.14. The van der Waals surface area contributed by atoms with Gasteiger partial charge in [-0.05, 0) is 24.3 Å². The van der Waals surface area contributed by atoms with Gasteiger partial charge in [-0.15, -0.1) is 0 Å². The molecule has 2 aromatic carbocycles. The third-order valence-corrected chi connectivity index (χ3v) is 4.02. The predicted molar refractivity (Wildman–Crippen MR) is 95.9 cm³/mol. The molecule has 0 radical (unpaired) electrons. The number of carbonyl (C=O) groups is 2. The Kier molecular flexibility index (Phi) is 5.20. The third kappa shape index (κ3) is 3.97. The topological polar surface area (TPSA) is 111 Å². The first kappa shape index (κ1) is 18.2. The highest BCUT2D eigenvalue weighted by molar-refractivity contribution is 5.98. The van der Waals surface area contributed by atoms with E-state index in [1.54, 1.807) is 24.3 Å². The van der Waals surface area contributed by atoms with Crippen LogP contribution in [0.25, 0.3) is 0 Å². The number of rotatable bonds is 5. The van der Waals surface area contributed by atoms with Gasteiger partial charge in [-0.2, -0.15) is 0 Å². The van der Waals surface area contributed by atoms with Crippen molar-refractivity contribution in [2.24, 2.45) is 0 Å². The summed E-state index contributed by atoms with van der Waals surface area (Å²) in [7, 11) is 1.50. The standard InChI is InChI=1S/C18H17N3O6/c1-19-18(23)16-10-20(14-4-2-3-5-15(14)27-16)17(22)11-26-13-8-6-12(7-9-13)21(24)25/h2-9,16H,10-11H2,1H3,(H,19,23)/t16-/m1/s1. The van der Waals surface area contributed by atoms with Gasteiger partial charge in [0.2, 0.25) is 0 Å². The van der Waals surface area contributed by atoms with Crippen LogP contribution in [-0.4, -0.2) is 43.0 Å². The van der Waals surface area contributed by atoms with Crippen LogP contribution in [0.1, 0.15) is 0 Å². The van der Waals surface area contributed by atoms with E-state index in [2.05, 4.69) is 5.32 Å². The van der Waals surface area contributed by atoms with Crippen LogP contribution in [0.4, 0.5) is 11.4 Å².